The van der Waals surface area contributed by atoms with Gasteiger partial charge in [-0.05, 0) is 43.9 Å². The third-order valence-corrected chi connectivity index (χ3v) is 5.15. The van der Waals surface area contributed by atoms with Gasteiger partial charge in [-0.15, -0.1) is 0 Å². The minimum Gasteiger partial charge on any atom is -0.353 e. The van der Waals surface area contributed by atoms with Crippen LogP contribution in [0.25, 0.3) is 0 Å². The highest BCUT2D eigenvalue weighted by Crippen LogP contribution is 2.37. The van der Waals surface area contributed by atoms with Crippen LogP contribution < -0.4 is 5.32 Å². The smallest absolute Gasteiger partial charge is 0.203 e. The molecule has 0 radical (unpaired) electrons. The summed E-state index contributed by atoms with van der Waals surface area (Å²) in [6, 6.07) is 1.28. The van der Waals surface area contributed by atoms with Crippen molar-refractivity contribution in [3.05, 3.63) is 12.4 Å². The number of rotatable bonds is 3. The van der Waals surface area contributed by atoms with Crippen LogP contribution in [0.1, 0.15) is 71.3 Å². The van der Waals surface area contributed by atoms with Crippen molar-refractivity contribution in [3.63, 3.8) is 0 Å². The van der Waals surface area contributed by atoms with Gasteiger partial charge in [0.2, 0.25) is 5.95 Å². The first kappa shape index (κ1) is 14.0. The zero-order chi connectivity index (χ0) is 13.9. The highest BCUT2D eigenvalue weighted by molar-refractivity contribution is 5.28. The van der Waals surface area contributed by atoms with E-state index in [1.807, 2.05) is 6.20 Å². The molecule has 2 aliphatic rings. The number of hydrogen-bond acceptors (Lipinski definition) is 2. The monoisotopic (exact) mass is 275 g/mol. The van der Waals surface area contributed by atoms with E-state index in [4.69, 9.17) is 0 Å². The molecule has 2 fully saturated rings. The second-order valence-corrected chi connectivity index (χ2v) is 7.21. The van der Waals surface area contributed by atoms with Crippen molar-refractivity contribution in [2.75, 3.05) is 5.32 Å². The Morgan fingerprint density at radius 2 is 1.75 bits per heavy atom. The van der Waals surface area contributed by atoms with E-state index in [0.29, 0.717) is 12.1 Å². The summed E-state index contributed by atoms with van der Waals surface area (Å²) in [5.74, 6) is 2.80. The normalized spacial score (nSPS) is 32.2. The second kappa shape index (κ2) is 6.19. The zero-order valence-corrected chi connectivity index (χ0v) is 13.0. The molecule has 2 aliphatic carbocycles. The molecule has 2 saturated carbocycles. The lowest BCUT2D eigenvalue weighted by Crippen LogP contribution is -2.27. The van der Waals surface area contributed by atoms with E-state index in [1.165, 1.54) is 51.4 Å². The lowest BCUT2D eigenvalue weighted by atomic mass is 9.80. The highest BCUT2D eigenvalue weighted by Gasteiger charge is 2.27. The summed E-state index contributed by atoms with van der Waals surface area (Å²) in [4.78, 5) is 4.59. The summed E-state index contributed by atoms with van der Waals surface area (Å²) in [5, 5.41) is 3.71. The molecule has 0 amide bonds. The molecule has 1 heterocycles. The lowest BCUT2D eigenvalue weighted by molar-refractivity contribution is 0.222. The Morgan fingerprint density at radius 3 is 2.45 bits per heavy atom. The van der Waals surface area contributed by atoms with Crippen LogP contribution in [0.5, 0.6) is 0 Å². The Morgan fingerprint density at radius 1 is 1.05 bits per heavy atom. The first-order valence-corrected chi connectivity index (χ1v) is 8.51. The van der Waals surface area contributed by atoms with E-state index in [-0.39, 0.29) is 0 Å². The van der Waals surface area contributed by atoms with Crippen LogP contribution >= 0.6 is 0 Å². The van der Waals surface area contributed by atoms with E-state index in [9.17, 15) is 0 Å². The zero-order valence-electron chi connectivity index (χ0n) is 13.0. The van der Waals surface area contributed by atoms with Crippen molar-refractivity contribution in [1.82, 2.24) is 9.55 Å². The summed E-state index contributed by atoms with van der Waals surface area (Å²) in [7, 11) is 0. The molecule has 0 aliphatic heterocycles. The second-order valence-electron chi connectivity index (χ2n) is 7.21. The summed E-state index contributed by atoms with van der Waals surface area (Å²) >= 11 is 0. The van der Waals surface area contributed by atoms with Crippen molar-refractivity contribution >= 4 is 5.95 Å². The Labute approximate surface area is 123 Å². The van der Waals surface area contributed by atoms with E-state index in [2.05, 4.69) is 34.9 Å². The van der Waals surface area contributed by atoms with Gasteiger partial charge in [0.1, 0.15) is 0 Å². The Kier molecular flexibility index (Phi) is 4.32. The van der Waals surface area contributed by atoms with Gasteiger partial charge < -0.3 is 9.88 Å². The first-order valence-electron chi connectivity index (χ1n) is 8.51. The Balaban J connectivity index is 1.69. The largest absolute Gasteiger partial charge is 0.353 e. The van der Waals surface area contributed by atoms with Gasteiger partial charge in [0.15, 0.2) is 0 Å². The molecule has 1 aromatic rings. The first-order chi connectivity index (χ1) is 9.72. The molecule has 3 nitrogen and oxygen atoms in total. The third-order valence-electron chi connectivity index (χ3n) is 5.15. The summed E-state index contributed by atoms with van der Waals surface area (Å²) in [6.45, 7) is 4.79. The molecule has 3 heteroatoms. The topological polar surface area (TPSA) is 29.9 Å². The molecular weight excluding hydrogens is 246 g/mol. The summed E-state index contributed by atoms with van der Waals surface area (Å²) in [5.41, 5.74) is 0. The van der Waals surface area contributed by atoms with Gasteiger partial charge in [-0.25, -0.2) is 4.98 Å². The van der Waals surface area contributed by atoms with Crippen molar-refractivity contribution in [3.8, 4) is 0 Å². The summed E-state index contributed by atoms with van der Waals surface area (Å²) < 4.78 is 2.42. The lowest BCUT2D eigenvalue weighted by Gasteiger charge is -2.33. The van der Waals surface area contributed by atoms with Crippen LogP contribution in [0.4, 0.5) is 5.95 Å². The van der Waals surface area contributed by atoms with Gasteiger partial charge in [-0.2, -0.15) is 0 Å². The van der Waals surface area contributed by atoms with Gasteiger partial charge >= 0.3 is 0 Å². The molecule has 20 heavy (non-hydrogen) atoms. The minimum atomic E-state index is 0.641. The van der Waals surface area contributed by atoms with Crippen LogP contribution in [0.2, 0.25) is 0 Å². The molecule has 0 aromatic carbocycles. The highest BCUT2D eigenvalue weighted by atomic mass is 15.2. The van der Waals surface area contributed by atoms with E-state index in [0.717, 1.165) is 17.8 Å². The van der Waals surface area contributed by atoms with Crippen LogP contribution in [-0.4, -0.2) is 15.6 Å². The van der Waals surface area contributed by atoms with Crippen molar-refractivity contribution in [2.45, 2.75) is 77.3 Å². The fraction of sp³-hybridized carbons (Fsp3) is 0.824. The third kappa shape index (κ3) is 3.18. The standard InChI is InChI=1S/C17H29N3/c1-13-10-14(2)12-16(11-13)20-9-8-18-17(20)19-15-6-4-3-5-7-15/h8-9,13-16H,3-7,10-12H2,1-2H3,(H,18,19). The minimum absolute atomic E-state index is 0.641. The van der Waals surface area contributed by atoms with Crippen molar-refractivity contribution in [1.29, 1.82) is 0 Å². The summed E-state index contributed by atoms with van der Waals surface area (Å²) in [6.07, 6.45) is 14.9. The number of imidazole rings is 1. The van der Waals surface area contributed by atoms with Crippen LogP contribution in [-0.2, 0) is 0 Å². The fourth-order valence-corrected chi connectivity index (χ4v) is 4.28. The quantitative estimate of drug-likeness (QED) is 0.872. The molecule has 1 N–H and O–H groups in total. The number of nitrogens with one attached hydrogen (secondary N) is 1. The number of aromatic nitrogens is 2. The maximum atomic E-state index is 4.59. The fourth-order valence-electron chi connectivity index (χ4n) is 4.28. The average Bonchev–Trinajstić information content (AvgIpc) is 2.87. The molecule has 0 spiro atoms. The van der Waals surface area contributed by atoms with Crippen molar-refractivity contribution in [2.24, 2.45) is 11.8 Å². The molecular formula is C17H29N3. The van der Waals surface area contributed by atoms with E-state index < -0.39 is 0 Å². The van der Waals surface area contributed by atoms with Gasteiger partial charge in [-0.3, -0.25) is 0 Å². The Hall–Kier alpha value is -0.990. The molecule has 112 valence electrons. The van der Waals surface area contributed by atoms with Crippen LogP contribution in [0.3, 0.4) is 0 Å². The van der Waals surface area contributed by atoms with Gasteiger partial charge in [-0.1, -0.05) is 33.1 Å². The predicted molar refractivity (Wildman–Crippen MR) is 83.9 cm³/mol. The molecule has 0 saturated heterocycles. The average molecular weight is 275 g/mol. The number of hydrogen-bond donors (Lipinski definition) is 1. The Bertz CT molecular complexity index is 410. The molecule has 2 unspecified atom stereocenters. The van der Waals surface area contributed by atoms with Crippen molar-refractivity contribution < 1.29 is 0 Å². The molecule has 2 atom stereocenters. The number of nitrogens with zero attached hydrogens (tertiary/aromatic N) is 2. The maximum Gasteiger partial charge on any atom is 0.203 e. The van der Waals surface area contributed by atoms with E-state index >= 15 is 0 Å². The van der Waals surface area contributed by atoms with E-state index in [1.54, 1.807) is 0 Å². The SMILES string of the molecule is CC1CC(C)CC(n2ccnc2NC2CCCCC2)C1. The predicted octanol–water partition coefficient (Wildman–Crippen LogP) is 4.62. The number of anilines is 1. The van der Waals surface area contributed by atoms with Crippen LogP contribution in [0, 0.1) is 11.8 Å². The van der Waals surface area contributed by atoms with Crippen LogP contribution in [0.15, 0.2) is 12.4 Å². The maximum absolute atomic E-state index is 4.59. The van der Waals surface area contributed by atoms with Gasteiger partial charge in [0.05, 0.1) is 0 Å². The molecule has 3 rings (SSSR count). The molecule has 0 bridgehead atoms. The van der Waals surface area contributed by atoms with Gasteiger partial charge in [0, 0.05) is 24.5 Å². The molecule has 1 aromatic heterocycles. The van der Waals surface area contributed by atoms with Gasteiger partial charge in [0.25, 0.3) is 0 Å².